The second-order valence-corrected chi connectivity index (χ2v) is 11.1. The average Bonchev–Trinajstić information content (AvgIpc) is 3.41. The van der Waals surface area contributed by atoms with Gasteiger partial charge in [-0.15, -0.1) is 11.3 Å². The first kappa shape index (κ1) is 25.8. The Morgan fingerprint density at radius 2 is 2.05 bits per heavy atom. The monoisotopic (exact) mass is 525 g/mol. The van der Waals surface area contributed by atoms with Crippen LogP contribution in [0.1, 0.15) is 47.0 Å². The molecule has 0 bridgehead atoms. The van der Waals surface area contributed by atoms with Crippen molar-refractivity contribution in [1.82, 2.24) is 20.3 Å². The van der Waals surface area contributed by atoms with Gasteiger partial charge in [0.2, 0.25) is 0 Å². The summed E-state index contributed by atoms with van der Waals surface area (Å²) in [7, 11) is 1.69. The number of nitrogens with zero attached hydrogens (tertiary/aromatic N) is 4. The molecular weight excluding hydrogens is 490 g/mol. The van der Waals surface area contributed by atoms with Crippen molar-refractivity contribution in [1.29, 1.82) is 0 Å². The van der Waals surface area contributed by atoms with E-state index >= 15 is 0 Å². The third-order valence-corrected chi connectivity index (χ3v) is 8.57. The van der Waals surface area contributed by atoms with Gasteiger partial charge in [-0.25, -0.2) is 15.0 Å². The Morgan fingerprint density at radius 1 is 1.24 bits per heavy atom. The number of aryl methyl sites for hydroxylation is 2. The van der Waals surface area contributed by atoms with E-state index in [1.54, 1.807) is 13.3 Å². The minimum Gasteiger partial charge on any atom is -0.397 e. The Kier molecular flexibility index (Phi) is 7.30. The Morgan fingerprint density at radius 3 is 2.84 bits per heavy atom. The van der Waals surface area contributed by atoms with Gasteiger partial charge < -0.3 is 31.2 Å². The number of pyridine rings is 1. The number of hydrogen-bond acceptors (Lipinski definition) is 10. The van der Waals surface area contributed by atoms with Crippen LogP contribution >= 0.6 is 11.3 Å². The Labute approximate surface area is 220 Å². The van der Waals surface area contributed by atoms with Crippen LogP contribution in [0.5, 0.6) is 0 Å². The molecule has 3 aromatic heterocycles. The molecule has 3 aromatic rings. The molecule has 37 heavy (non-hydrogen) atoms. The topological polar surface area (TPSA) is 142 Å². The molecule has 1 aliphatic heterocycles. The summed E-state index contributed by atoms with van der Waals surface area (Å²) in [5.41, 5.74) is 15.3. The van der Waals surface area contributed by atoms with Crippen LogP contribution in [0.2, 0.25) is 0 Å². The zero-order valence-electron chi connectivity index (χ0n) is 21.7. The summed E-state index contributed by atoms with van der Waals surface area (Å²) in [6, 6.07) is 4.11. The summed E-state index contributed by atoms with van der Waals surface area (Å²) in [5.74, 6) is 1.42. The zero-order chi connectivity index (χ0) is 26.3. The summed E-state index contributed by atoms with van der Waals surface area (Å²) in [6.07, 6.45) is 3.92. The molecule has 0 saturated carbocycles. The molecule has 5 unspecified atom stereocenters. The van der Waals surface area contributed by atoms with E-state index in [4.69, 9.17) is 25.9 Å². The SMILES string of the molecule is COC(C)C(C)OC1CN(c2ccc3c(n2)CCC(NC(=O)c2sc4nc(C)ncc4c2N)C3)CC1N. The molecule has 5 rings (SSSR count). The number of methoxy groups -OCH3 is 1. The fourth-order valence-corrected chi connectivity index (χ4v) is 6.03. The lowest BCUT2D eigenvalue weighted by Crippen LogP contribution is -2.40. The molecule has 0 aromatic carbocycles. The average molecular weight is 526 g/mol. The third-order valence-electron chi connectivity index (χ3n) is 7.45. The Balaban J connectivity index is 1.22. The quantitative estimate of drug-likeness (QED) is 0.423. The van der Waals surface area contributed by atoms with E-state index < -0.39 is 0 Å². The van der Waals surface area contributed by atoms with Crippen molar-refractivity contribution >= 4 is 39.0 Å². The van der Waals surface area contributed by atoms with Gasteiger partial charge in [-0.05, 0) is 51.7 Å². The molecule has 0 spiro atoms. The number of fused-ring (bicyclic) bond motifs is 2. The van der Waals surface area contributed by atoms with E-state index in [1.807, 2.05) is 26.8 Å². The second-order valence-electron chi connectivity index (χ2n) is 10.1. The smallest absolute Gasteiger partial charge is 0.263 e. The highest BCUT2D eigenvalue weighted by molar-refractivity contribution is 7.21. The van der Waals surface area contributed by atoms with Crippen LogP contribution in [0.3, 0.4) is 0 Å². The molecule has 4 heterocycles. The van der Waals surface area contributed by atoms with E-state index in [0.717, 1.165) is 46.6 Å². The fourth-order valence-electron chi connectivity index (χ4n) is 5.01. The van der Waals surface area contributed by atoms with Gasteiger partial charge in [-0.3, -0.25) is 4.79 Å². The summed E-state index contributed by atoms with van der Waals surface area (Å²) in [5, 5.41) is 3.89. The number of rotatable bonds is 7. The number of carbonyl (C=O) groups is 1. The highest BCUT2D eigenvalue weighted by atomic mass is 32.1. The molecule has 2 aliphatic rings. The maximum atomic E-state index is 13.0. The van der Waals surface area contributed by atoms with E-state index in [0.29, 0.717) is 29.5 Å². The number of nitrogens with two attached hydrogens (primary N) is 2. The maximum absolute atomic E-state index is 13.0. The fraction of sp³-hybridized carbons (Fsp3) is 0.538. The van der Waals surface area contributed by atoms with Gasteiger partial charge in [0.05, 0.1) is 35.4 Å². The molecule has 198 valence electrons. The van der Waals surface area contributed by atoms with Gasteiger partial charge in [0, 0.05) is 38.1 Å². The number of nitrogens with one attached hydrogen (secondary N) is 1. The van der Waals surface area contributed by atoms with Crippen LogP contribution in [-0.4, -0.2) is 71.5 Å². The minimum absolute atomic E-state index is 0.00439. The van der Waals surface area contributed by atoms with Crippen molar-refractivity contribution in [2.45, 2.75) is 70.4 Å². The number of hydrogen-bond donors (Lipinski definition) is 3. The summed E-state index contributed by atoms with van der Waals surface area (Å²) in [6.45, 7) is 7.23. The van der Waals surface area contributed by atoms with Crippen LogP contribution in [-0.2, 0) is 22.3 Å². The number of ether oxygens (including phenoxy) is 2. The Bertz CT molecular complexity index is 1300. The van der Waals surface area contributed by atoms with E-state index in [-0.39, 0.29) is 36.3 Å². The summed E-state index contributed by atoms with van der Waals surface area (Å²) in [4.78, 5) is 30.0. The molecule has 1 amide bonds. The van der Waals surface area contributed by atoms with Gasteiger partial charge >= 0.3 is 0 Å². The molecule has 1 saturated heterocycles. The van der Waals surface area contributed by atoms with Crippen molar-refractivity contribution < 1.29 is 14.3 Å². The van der Waals surface area contributed by atoms with Gasteiger partial charge in [-0.2, -0.15) is 0 Å². The summed E-state index contributed by atoms with van der Waals surface area (Å²) >= 11 is 1.31. The van der Waals surface area contributed by atoms with Crippen LogP contribution in [0.4, 0.5) is 11.5 Å². The molecule has 5 N–H and O–H groups in total. The highest BCUT2D eigenvalue weighted by Crippen LogP contribution is 2.32. The maximum Gasteiger partial charge on any atom is 0.263 e. The van der Waals surface area contributed by atoms with E-state index in [2.05, 4.69) is 26.3 Å². The molecule has 1 aliphatic carbocycles. The van der Waals surface area contributed by atoms with Crippen LogP contribution in [0, 0.1) is 6.92 Å². The largest absolute Gasteiger partial charge is 0.397 e. The number of anilines is 2. The number of thiophene rings is 1. The molecule has 0 radical (unpaired) electrons. The van der Waals surface area contributed by atoms with Crippen molar-refractivity contribution in [3.63, 3.8) is 0 Å². The predicted molar refractivity (Wildman–Crippen MR) is 145 cm³/mol. The van der Waals surface area contributed by atoms with Crippen molar-refractivity contribution in [2.24, 2.45) is 5.73 Å². The normalized spacial score (nSPS) is 23.2. The van der Waals surface area contributed by atoms with Crippen molar-refractivity contribution in [2.75, 3.05) is 30.8 Å². The van der Waals surface area contributed by atoms with Gasteiger partial charge in [0.1, 0.15) is 21.3 Å². The van der Waals surface area contributed by atoms with Gasteiger partial charge in [0.25, 0.3) is 5.91 Å². The van der Waals surface area contributed by atoms with Crippen molar-refractivity contribution in [3.05, 3.63) is 40.3 Å². The molecular formula is C26H35N7O3S. The molecule has 10 nitrogen and oxygen atoms in total. The lowest BCUT2D eigenvalue weighted by atomic mass is 9.91. The first-order chi connectivity index (χ1) is 17.7. The van der Waals surface area contributed by atoms with E-state index in [9.17, 15) is 4.79 Å². The molecule has 5 atom stereocenters. The number of carbonyl (C=O) groups excluding carboxylic acids is 1. The number of amides is 1. The second kappa shape index (κ2) is 10.5. The van der Waals surface area contributed by atoms with Crippen LogP contribution in [0.25, 0.3) is 10.2 Å². The number of aromatic nitrogens is 3. The van der Waals surface area contributed by atoms with Crippen molar-refractivity contribution in [3.8, 4) is 0 Å². The van der Waals surface area contributed by atoms with Crippen LogP contribution < -0.4 is 21.7 Å². The van der Waals surface area contributed by atoms with Gasteiger partial charge in [0.15, 0.2) is 0 Å². The first-order valence-electron chi connectivity index (χ1n) is 12.7. The molecule has 11 heteroatoms. The third kappa shape index (κ3) is 5.26. The first-order valence-corrected chi connectivity index (χ1v) is 13.5. The molecule has 1 fully saturated rings. The zero-order valence-corrected chi connectivity index (χ0v) is 22.5. The predicted octanol–water partition coefficient (Wildman–Crippen LogP) is 2.22. The lowest BCUT2D eigenvalue weighted by Gasteiger charge is -2.27. The number of nitrogen functional groups attached to an aromatic ring is 1. The standard InChI is InChI=1S/C26H35N7O3S/c1-13(35-4)14(2)36-21-12-33(11-19(21)27)22-8-5-16-9-17(6-7-20(16)32-22)31-25(34)24-23(28)18-10-29-15(3)30-26(18)37-24/h5,8,10,13-14,17,19,21H,6-7,9,11-12,27-28H2,1-4H3,(H,31,34). The highest BCUT2D eigenvalue weighted by Gasteiger charge is 2.34. The lowest BCUT2D eigenvalue weighted by molar-refractivity contribution is -0.0713. The van der Waals surface area contributed by atoms with Crippen LogP contribution in [0.15, 0.2) is 18.3 Å². The van der Waals surface area contributed by atoms with E-state index in [1.165, 1.54) is 11.3 Å². The minimum atomic E-state index is -0.162. The van der Waals surface area contributed by atoms with Gasteiger partial charge in [-0.1, -0.05) is 6.07 Å². The Hall–Kier alpha value is -2.86. The summed E-state index contributed by atoms with van der Waals surface area (Å²) < 4.78 is 11.6.